The van der Waals surface area contributed by atoms with Gasteiger partial charge in [0.05, 0.1) is 5.54 Å². The number of carbonyl (C=O) groups is 1. The molecule has 0 heterocycles. The molecule has 1 fully saturated rings. The highest BCUT2D eigenvalue weighted by Gasteiger charge is 2.48. The lowest BCUT2D eigenvalue weighted by atomic mass is 10.0. The van der Waals surface area contributed by atoms with E-state index in [9.17, 15) is 4.79 Å². The summed E-state index contributed by atoms with van der Waals surface area (Å²) in [7, 11) is 1.87. The summed E-state index contributed by atoms with van der Waals surface area (Å²) in [6.07, 6.45) is 2.10. The van der Waals surface area contributed by atoms with Gasteiger partial charge in [-0.3, -0.25) is 4.79 Å². The van der Waals surface area contributed by atoms with Crippen LogP contribution < -0.4 is 5.73 Å². The predicted molar refractivity (Wildman–Crippen MR) is 60.2 cm³/mol. The molecule has 3 nitrogen and oxygen atoms in total. The van der Waals surface area contributed by atoms with Crippen molar-refractivity contribution in [1.82, 2.24) is 4.90 Å². The first kappa shape index (κ1) is 10.0. The maximum absolute atomic E-state index is 11.4. The Balaban J connectivity index is 2.30. The van der Waals surface area contributed by atoms with Crippen LogP contribution in [0.25, 0.3) is 0 Å². The molecule has 0 aliphatic heterocycles. The molecule has 0 radical (unpaired) electrons. The first-order chi connectivity index (χ1) is 7.06. The fraction of sp³-hybridized carbons (Fsp3) is 0.417. The molecule has 0 aromatic heterocycles. The van der Waals surface area contributed by atoms with Crippen molar-refractivity contribution in [3.63, 3.8) is 0 Å². The van der Waals surface area contributed by atoms with E-state index in [-0.39, 0.29) is 11.4 Å². The summed E-state index contributed by atoms with van der Waals surface area (Å²) >= 11 is 0. The maximum atomic E-state index is 11.4. The van der Waals surface area contributed by atoms with Crippen molar-refractivity contribution < 1.29 is 4.79 Å². The molecule has 2 rings (SSSR count). The maximum Gasteiger partial charge on any atom is 0.219 e. The van der Waals surface area contributed by atoms with Crippen LogP contribution in [0.4, 0.5) is 5.69 Å². The molecule has 0 unspecified atom stereocenters. The number of carbonyl (C=O) groups excluding carboxylic acids is 1. The van der Waals surface area contributed by atoms with Gasteiger partial charge >= 0.3 is 0 Å². The molecule has 1 aromatic rings. The van der Waals surface area contributed by atoms with E-state index >= 15 is 0 Å². The highest BCUT2D eigenvalue weighted by Crippen LogP contribution is 2.50. The molecule has 1 aliphatic rings. The second-order valence-electron chi connectivity index (χ2n) is 4.23. The third-order valence-electron chi connectivity index (χ3n) is 3.29. The van der Waals surface area contributed by atoms with Gasteiger partial charge in [-0.15, -0.1) is 0 Å². The van der Waals surface area contributed by atoms with Crippen LogP contribution in [0, 0.1) is 0 Å². The summed E-state index contributed by atoms with van der Waals surface area (Å²) in [6, 6.07) is 7.82. The predicted octanol–water partition coefficient (Wildman–Crippen LogP) is 1.74. The third kappa shape index (κ3) is 1.58. The van der Waals surface area contributed by atoms with E-state index in [1.807, 2.05) is 36.2 Å². The molecular weight excluding hydrogens is 188 g/mol. The largest absolute Gasteiger partial charge is 0.399 e. The Hall–Kier alpha value is -1.51. The molecule has 15 heavy (non-hydrogen) atoms. The summed E-state index contributed by atoms with van der Waals surface area (Å²) in [5.74, 6) is 0.115. The number of hydrogen-bond acceptors (Lipinski definition) is 2. The van der Waals surface area contributed by atoms with Gasteiger partial charge in [0.1, 0.15) is 0 Å². The Morgan fingerprint density at radius 2 is 1.87 bits per heavy atom. The number of rotatable bonds is 2. The second kappa shape index (κ2) is 3.26. The quantitative estimate of drug-likeness (QED) is 0.746. The average Bonchev–Trinajstić information content (AvgIpc) is 2.99. The van der Waals surface area contributed by atoms with Crippen molar-refractivity contribution in [2.75, 3.05) is 12.8 Å². The summed E-state index contributed by atoms with van der Waals surface area (Å²) in [5, 5.41) is 0. The fourth-order valence-electron chi connectivity index (χ4n) is 2.03. The number of benzene rings is 1. The molecule has 3 heteroatoms. The first-order valence-electron chi connectivity index (χ1n) is 5.17. The second-order valence-corrected chi connectivity index (χ2v) is 4.23. The van der Waals surface area contributed by atoms with Crippen molar-refractivity contribution in [2.24, 2.45) is 0 Å². The topological polar surface area (TPSA) is 46.3 Å². The van der Waals surface area contributed by atoms with Gasteiger partial charge in [-0.05, 0) is 30.5 Å². The van der Waals surface area contributed by atoms with Crippen molar-refractivity contribution in [2.45, 2.75) is 25.3 Å². The molecule has 1 saturated carbocycles. The van der Waals surface area contributed by atoms with Gasteiger partial charge in [0, 0.05) is 19.7 Å². The Morgan fingerprint density at radius 1 is 1.33 bits per heavy atom. The zero-order chi connectivity index (χ0) is 11.1. The lowest BCUT2D eigenvalue weighted by molar-refractivity contribution is -0.130. The minimum Gasteiger partial charge on any atom is -0.399 e. The number of amides is 1. The highest BCUT2D eigenvalue weighted by molar-refractivity contribution is 5.74. The molecular formula is C12H16N2O. The van der Waals surface area contributed by atoms with Gasteiger partial charge in [0.2, 0.25) is 5.91 Å². The van der Waals surface area contributed by atoms with E-state index in [0.717, 1.165) is 18.5 Å². The van der Waals surface area contributed by atoms with E-state index in [0.29, 0.717) is 0 Å². The van der Waals surface area contributed by atoms with Crippen molar-refractivity contribution >= 4 is 11.6 Å². The van der Waals surface area contributed by atoms with Gasteiger partial charge in [0.25, 0.3) is 0 Å². The zero-order valence-corrected chi connectivity index (χ0v) is 9.16. The van der Waals surface area contributed by atoms with Crippen LogP contribution in [-0.4, -0.2) is 17.9 Å². The van der Waals surface area contributed by atoms with Crippen LogP contribution in [0.1, 0.15) is 25.3 Å². The van der Waals surface area contributed by atoms with Gasteiger partial charge in [-0.1, -0.05) is 12.1 Å². The smallest absolute Gasteiger partial charge is 0.219 e. The molecule has 1 aromatic carbocycles. The molecule has 80 valence electrons. The molecule has 0 saturated heterocycles. The fourth-order valence-corrected chi connectivity index (χ4v) is 2.03. The standard InChI is InChI=1S/C12H16N2O/c1-9(15)14(2)12(7-8-12)10-3-5-11(13)6-4-10/h3-6H,7-8,13H2,1-2H3. The van der Waals surface area contributed by atoms with E-state index in [1.54, 1.807) is 6.92 Å². The molecule has 0 spiro atoms. The summed E-state index contributed by atoms with van der Waals surface area (Å²) < 4.78 is 0. The minimum absolute atomic E-state index is 0.0560. The molecule has 1 aliphatic carbocycles. The number of nitrogen functional groups attached to an aromatic ring is 1. The lowest BCUT2D eigenvalue weighted by Gasteiger charge is -2.27. The van der Waals surface area contributed by atoms with E-state index in [2.05, 4.69) is 0 Å². The monoisotopic (exact) mass is 204 g/mol. The van der Waals surface area contributed by atoms with Gasteiger partial charge < -0.3 is 10.6 Å². The first-order valence-corrected chi connectivity index (χ1v) is 5.17. The highest BCUT2D eigenvalue weighted by atomic mass is 16.2. The van der Waals surface area contributed by atoms with E-state index < -0.39 is 0 Å². The number of nitrogens with zero attached hydrogens (tertiary/aromatic N) is 1. The van der Waals surface area contributed by atoms with Gasteiger partial charge in [-0.2, -0.15) is 0 Å². The Bertz CT molecular complexity index is 379. The van der Waals surface area contributed by atoms with Gasteiger partial charge in [0.15, 0.2) is 0 Å². The SMILES string of the molecule is CC(=O)N(C)C1(c2ccc(N)cc2)CC1. The van der Waals surface area contributed by atoms with Crippen LogP contribution in [0.2, 0.25) is 0 Å². The van der Waals surface area contributed by atoms with Crippen LogP contribution in [0.5, 0.6) is 0 Å². The Labute approximate surface area is 89.9 Å². The van der Waals surface area contributed by atoms with Crippen LogP contribution in [0.15, 0.2) is 24.3 Å². The summed E-state index contributed by atoms with van der Waals surface area (Å²) in [4.78, 5) is 13.2. The zero-order valence-electron chi connectivity index (χ0n) is 9.16. The molecule has 1 amide bonds. The third-order valence-corrected chi connectivity index (χ3v) is 3.29. The summed E-state index contributed by atoms with van der Waals surface area (Å²) in [6.45, 7) is 1.61. The molecule has 0 atom stereocenters. The van der Waals surface area contributed by atoms with E-state index in [1.165, 1.54) is 5.56 Å². The van der Waals surface area contributed by atoms with Crippen molar-refractivity contribution in [1.29, 1.82) is 0 Å². The summed E-state index contributed by atoms with van der Waals surface area (Å²) in [5.41, 5.74) is 7.54. The van der Waals surface area contributed by atoms with Crippen molar-refractivity contribution in [3.05, 3.63) is 29.8 Å². The average molecular weight is 204 g/mol. The Morgan fingerprint density at radius 3 is 2.27 bits per heavy atom. The molecule has 0 bridgehead atoms. The minimum atomic E-state index is -0.0560. The van der Waals surface area contributed by atoms with Crippen LogP contribution in [-0.2, 0) is 10.3 Å². The number of anilines is 1. The number of nitrogens with two attached hydrogens (primary N) is 1. The Kier molecular flexibility index (Phi) is 2.18. The lowest BCUT2D eigenvalue weighted by Crippen LogP contribution is -2.35. The molecule has 2 N–H and O–H groups in total. The van der Waals surface area contributed by atoms with Crippen LogP contribution in [0.3, 0.4) is 0 Å². The van der Waals surface area contributed by atoms with Crippen LogP contribution >= 0.6 is 0 Å². The van der Waals surface area contributed by atoms with Gasteiger partial charge in [-0.25, -0.2) is 0 Å². The van der Waals surface area contributed by atoms with Crippen molar-refractivity contribution in [3.8, 4) is 0 Å². The number of hydrogen-bond donors (Lipinski definition) is 1. The normalized spacial score (nSPS) is 17.2. The van der Waals surface area contributed by atoms with E-state index in [4.69, 9.17) is 5.73 Å².